The summed E-state index contributed by atoms with van der Waals surface area (Å²) >= 11 is 0. The van der Waals surface area contributed by atoms with Crippen LogP contribution in [-0.2, 0) is 0 Å². The summed E-state index contributed by atoms with van der Waals surface area (Å²) in [6.45, 7) is 4.43. The lowest BCUT2D eigenvalue weighted by atomic mass is 9.78. The van der Waals surface area contributed by atoms with Crippen LogP contribution in [0.2, 0.25) is 0 Å². The molecule has 1 unspecified atom stereocenters. The highest BCUT2D eigenvalue weighted by atomic mass is 14.5. The molecule has 4 rings (SSSR count). The van der Waals surface area contributed by atoms with Gasteiger partial charge in [-0.15, -0.1) is 0 Å². The van der Waals surface area contributed by atoms with Crippen LogP contribution in [0.5, 0.6) is 0 Å². The fraction of sp³-hybridized carbons (Fsp3) is 0.375. The quantitative estimate of drug-likeness (QED) is 0.600. The van der Waals surface area contributed by atoms with Gasteiger partial charge in [-0.05, 0) is 43.0 Å². The molecule has 1 heteroatoms. The van der Waals surface area contributed by atoms with Crippen molar-refractivity contribution in [2.24, 2.45) is 5.92 Å². The van der Waals surface area contributed by atoms with Gasteiger partial charge in [0.05, 0.1) is 0 Å². The van der Waals surface area contributed by atoms with Crippen molar-refractivity contribution in [2.45, 2.75) is 51.9 Å². The zero-order valence-electron chi connectivity index (χ0n) is 15.3. The summed E-state index contributed by atoms with van der Waals surface area (Å²) in [4.78, 5) is 0. The van der Waals surface area contributed by atoms with E-state index in [0.717, 1.165) is 5.71 Å². The lowest BCUT2D eigenvalue weighted by molar-refractivity contribution is 0.438. The molecule has 2 aliphatic carbocycles. The Hall–Kier alpha value is -2.15. The molecule has 0 heterocycles. The molecule has 1 fully saturated rings. The molecule has 25 heavy (non-hydrogen) atoms. The lowest BCUT2D eigenvalue weighted by Crippen LogP contribution is -2.20. The molecule has 0 radical (unpaired) electrons. The third-order valence-electron chi connectivity index (χ3n) is 6.21. The number of allylic oxidation sites excluding steroid dienone is 4. The lowest BCUT2D eigenvalue weighted by Gasteiger charge is -2.26. The molecule has 0 spiro atoms. The average molecular weight is 329 g/mol. The smallest absolute Gasteiger partial charge is 0.0426 e. The number of nitrogens with one attached hydrogen (secondary N) is 1. The second-order valence-electron chi connectivity index (χ2n) is 7.70. The predicted molar refractivity (Wildman–Crippen MR) is 108 cm³/mol. The molecule has 1 N–H and O–H groups in total. The minimum absolute atomic E-state index is 0.323. The maximum atomic E-state index is 9.09. The molecule has 0 bridgehead atoms. The van der Waals surface area contributed by atoms with Crippen molar-refractivity contribution in [1.29, 1.82) is 5.41 Å². The molecule has 0 aliphatic heterocycles. The Kier molecular flexibility index (Phi) is 4.33. The van der Waals surface area contributed by atoms with E-state index in [-0.39, 0.29) is 0 Å². The first kappa shape index (κ1) is 16.3. The Bertz CT molecular complexity index is 878. The second-order valence-corrected chi connectivity index (χ2v) is 7.70. The molecule has 0 aromatic heterocycles. The van der Waals surface area contributed by atoms with Gasteiger partial charge in [-0.1, -0.05) is 79.0 Å². The number of hydrogen-bond acceptors (Lipinski definition) is 1. The van der Waals surface area contributed by atoms with E-state index < -0.39 is 0 Å². The molecular formula is C24H27N. The van der Waals surface area contributed by atoms with Crippen LogP contribution in [0.1, 0.15) is 63.0 Å². The van der Waals surface area contributed by atoms with Crippen LogP contribution in [0, 0.1) is 11.3 Å². The van der Waals surface area contributed by atoms with Gasteiger partial charge in [0.2, 0.25) is 0 Å². The monoisotopic (exact) mass is 329 g/mol. The van der Waals surface area contributed by atoms with Gasteiger partial charge in [-0.25, -0.2) is 0 Å². The standard InChI is InChI=1S/C24H27N/c1-16-12-14-20(17(16)2)22-15-13-18-8-6-7-11-21(18)23(22)24(25)19-9-4-3-5-10-19/h6-8,11-15,19-20,25H,3-5,9-10H2,1-2H3. The molecule has 1 saturated carbocycles. The average Bonchev–Trinajstić information content (AvgIpc) is 3.00. The van der Waals surface area contributed by atoms with E-state index in [1.165, 1.54) is 65.1 Å². The van der Waals surface area contributed by atoms with Gasteiger partial charge < -0.3 is 5.41 Å². The molecule has 0 saturated heterocycles. The van der Waals surface area contributed by atoms with Crippen molar-refractivity contribution in [1.82, 2.24) is 0 Å². The van der Waals surface area contributed by atoms with Crippen LogP contribution in [0.15, 0.2) is 59.7 Å². The summed E-state index contributed by atoms with van der Waals surface area (Å²) in [5, 5.41) is 11.6. The van der Waals surface area contributed by atoms with Crippen molar-refractivity contribution < 1.29 is 0 Å². The number of hydrogen-bond donors (Lipinski definition) is 1. The zero-order chi connectivity index (χ0) is 17.4. The Morgan fingerprint density at radius 2 is 1.72 bits per heavy atom. The van der Waals surface area contributed by atoms with Crippen LogP contribution in [0.3, 0.4) is 0 Å². The van der Waals surface area contributed by atoms with Gasteiger partial charge in [0, 0.05) is 23.1 Å². The van der Waals surface area contributed by atoms with Crippen molar-refractivity contribution >= 4 is 16.5 Å². The Morgan fingerprint density at radius 3 is 2.44 bits per heavy atom. The molecule has 2 aromatic carbocycles. The molecule has 1 nitrogen and oxygen atoms in total. The van der Waals surface area contributed by atoms with Crippen LogP contribution in [0.4, 0.5) is 0 Å². The number of benzene rings is 2. The van der Waals surface area contributed by atoms with E-state index in [1.807, 2.05) is 0 Å². The fourth-order valence-corrected chi connectivity index (χ4v) is 4.54. The highest BCUT2D eigenvalue weighted by Gasteiger charge is 2.27. The maximum absolute atomic E-state index is 9.09. The second kappa shape index (κ2) is 6.63. The number of rotatable bonds is 3. The normalized spacial score (nSPS) is 21.3. The minimum Gasteiger partial charge on any atom is -0.304 e. The zero-order valence-corrected chi connectivity index (χ0v) is 15.3. The van der Waals surface area contributed by atoms with Gasteiger partial charge in [0.25, 0.3) is 0 Å². The van der Waals surface area contributed by atoms with Crippen molar-refractivity contribution in [3.63, 3.8) is 0 Å². The topological polar surface area (TPSA) is 23.9 Å². The van der Waals surface area contributed by atoms with Crippen LogP contribution < -0.4 is 0 Å². The maximum Gasteiger partial charge on any atom is 0.0426 e. The molecule has 1 atom stereocenters. The summed E-state index contributed by atoms with van der Waals surface area (Å²) in [6, 6.07) is 13.1. The predicted octanol–water partition coefficient (Wildman–Crippen LogP) is 6.78. The van der Waals surface area contributed by atoms with E-state index in [2.05, 4.69) is 62.4 Å². The Morgan fingerprint density at radius 1 is 0.960 bits per heavy atom. The first-order valence-electron chi connectivity index (χ1n) is 9.63. The molecular weight excluding hydrogens is 302 g/mol. The van der Waals surface area contributed by atoms with Crippen LogP contribution in [-0.4, -0.2) is 5.71 Å². The number of fused-ring (bicyclic) bond motifs is 1. The van der Waals surface area contributed by atoms with Gasteiger partial charge in [-0.2, -0.15) is 0 Å². The van der Waals surface area contributed by atoms with E-state index in [4.69, 9.17) is 5.41 Å². The molecule has 2 aliphatic rings. The third-order valence-corrected chi connectivity index (χ3v) is 6.21. The van der Waals surface area contributed by atoms with E-state index in [9.17, 15) is 0 Å². The SMILES string of the molecule is CC1=C(C)C(c2ccc3ccccc3c2C(=N)C2CCCCC2)C=C1. The minimum atomic E-state index is 0.323. The van der Waals surface area contributed by atoms with Gasteiger partial charge in [-0.3, -0.25) is 0 Å². The summed E-state index contributed by atoms with van der Waals surface area (Å²) in [5.74, 6) is 0.748. The first-order valence-corrected chi connectivity index (χ1v) is 9.63. The summed E-state index contributed by atoms with van der Waals surface area (Å²) in [6.07, 6.45) is 10.8. The Balaban J connectivity index is 1.88. The van der Waals surface area contributed by atoms with Crippen molar-refractivity contribution in [2.75, 3.05) is 0 Å². The highest BCUT2D eigenvalue weighted by Crippen LogP contribution is 2.39. The van der Waals surface area contributed by atoms with Crippen LogP contribution >= 0.6 is 0 Å². The largest absolute Gasteiger partial charge is 0.304 e. The fourth-order valence-electron chi connectivity index (χ4n) is 4.54. The van der Waals surface area contributed by atoms with Crippen molar-refractivity contribution in [3.05, 3.63) is 70.8 Å². The van der Waals surface area contributed by atoms with Gasteiger partial charge >= 0.3 is 0 Å². The van der Waals surface area contributed by atoms with E-state index >= 15 is 0 Å². The van der Waals surface area contributed by atoms with E-state index in [1.54, 1.807) is 0 Å². The van der Waals surface area contributed by atoms with E-state index in [0.29, 0.717) is 11.8 Å². The van der Waals surface area contributed by atoms with Gasteiger partial charge in [0.1, 0.15) is 0 Å². The van der Waals surface area contributed by atoms with Gasteiger partial charge in [0.15, 0.2) is 0 Å². The molecule has 0 amide bonds. The molecule has 2 aromatic rings. The third kappa shape index (κ3) is 2.86. The summed E-state index contributed by atoms with van der Waals surface area (Å²) in [5.41, 5.74) is 6.19. The summed E-state index contributed by atoms with van der Waals surface area (Å²) in [7, 11) is 0. The van der Waals surface area contributed by atoms with Crippen LogP contribution in [0.25, 0.3) is 10.8 Å². The highest BCUT2D eigenvalue weighted by molar-refractivity contribution is 6.12. The first-order chi connectivity index (χ1) is 12.2. The Labute approximate surface area is 151 Å². The van der Waals surface area contributed by atoms with Crippen molar-refractivity contribution in [3.8, 4) is 0 Å². The molecule has 128 valence electrons. The summed E-state index contributed by atoms with van der Waals surface area (Å²) < 4.78 is 0.